The molecule has 1 aromatic heterocycles. The van der Waals surface area contributed by atoms with E-state index in [4.69, 9.17) is 32.4 Å². The van der Waals surface area contributed by atoms with Crippen molar-refractivity contribution >= 4 is 45.8 Å². The minimum Gasteiger partial charge on any atom is -0.438 e. The number of hydrogen-bond donors (Lipinski definition) is 1. The maximum Gasteiger partial charge on any atom is 0.256 e. The molecule has 1 fully saturated rings. The Hall–Kier alpha value is -2.34. The molecule has 29 heavy (non-hydrogen) atoms. The third-order valence-corrected chi connectivity index (χ3v) is 5.50. The molecule has 0 bridgehead atoms. The van der Waals surface area contributed by atoms with E-state index in [0.717, 1.165) is 30.4 Å². The van der Waals surface area contributed by atoms with Crippen molar-refractivity contribution < 1.29 is 13.9 Å². The summed E-state index contributed by atoms with van der Waals surface area (Å²) in [4.78, 5) is 17.5. The predicted octanol–water partition coefficient (Wildman–Crippen LogP) is 5.19. The Morgan fingerprint density at radius 2 is 2.07 bits per heavy atom. The number of nitrogens with one attached hydrogen (secondary N) is 1. The molecule has 1 atom stereocenters. The average Bonchev–Trinajstić information content (AvgIpc) is 3.22. The summed E-state index contributed by atoms with van der Waals surface area (Å²) in [6, 6.07) is 12.4. The highest BCUT2D eigenvalue weighted by atomic mass is 35.5. The molecule has 0 unspecified atom stereocenters. The molecule has 4 rings (SSSR count). The van der Waals surface area contributed by atoms with Gasteiger partial charge in [0.15, 0.2) is 0 Å². The van der Waals surface area contributed by atoms with Crippen molar-refractivity contribution in [3.05, 3.63) is 69.2 Å². The number of amides is 1. The van der Waals surface area contributed by atoms with Crippen LogP contribution in [-0.4, -0.2) is 25.2 Å². The van der Waals surface area contributed by atoms with E-state index in [0.29, 0.717) is 33.4 Å². The van der Waals surface area contributed by atoms with Gasteiger partial charge in [-0.05, 0) is 67.8 Å². The first-order chi connectivity index (χ1) is 14.0. The molecule has 0 spiro atoms. The van der Waals surface area contributed by atoms with Crippen molar-refractivity contribution in [2.75, 3.05) is 13.2 Å². The molecular formula is C22H20Cl2N2O3. The molecule has 5 nitrogen and oxygen atoms in total. The maximum atomic E-state index is 12.9. The fraction of sp³-hybridized carbons (Fsp3) is 0.273. The number of aryl methyl sites for hydroxylation is 1. The Bertz CT molecular complexity index is 1130. The van der Waals surface area contributed by atoms with Gasteiger partial charge in [-0.25, -0.2) is 4.99 Å². The Balaban J connectivity index is 1.76. The second-order valence-electron chi connectivity index (χ2n) is 7.04. The lowest BCUT2D eigenvalue weighted by molar-refractivity contribution is 0.0854. The molecule has 1 aliphatic heterocycles. The highest BCUT2D eigenvalue weighted by Crippen LogP contribution is 2.22. The standard InChI is InChI=1S/C22H20Cl2N2O3/c1-13-9-16(5-6-19(13)24)26-22-18(21(27)25-12-17-3-2-8-28-17)11-14-10-15(23)4-7-20(14)29-22/h4-7,9-11,17H,2-3,8,12H2,1H3,(H,25,27)/t17-/m1/s1. The fourth-order valence-electron chi connectivity index (χ4n) is 3.27. The first kappa shape index (κ1) is 20.0. The van der Waals surface area contributed by atoms with Crippen LogP contribution in [-0.2, 0) is 4.74 Å². The Kier molecular flexibility index (Phi) is 5.90. The number of halogens is 2. The molecule has 1 saturated heterocycles. The van der Waals surface area contributed by atoms with Crippen LogP contribution in [0.15, 0.2) is 51.9 Å². The summed E-state index contributed by atoms with van der Waals surface area (Å²) in [5, 5.41) is 4.88. The highest BCUT2D eigenvalue weighted by Gasteiger charge is 2.18. The third kappa shape index (κ3) is 4.64. The molecule has 0 radical (unpaired) electrons. The molecule has 1 N–H and O–H groups in total. The van der Waals surface area contributed by atoms with E-state index in [1.165, 1.54) is 0 Å². The Morgan fingerprint density at radius 1 is 1.21 bits per heavy atom. The van der Waals surface area contributed by atoms with Crippen molar-refractivity contribution in [3.63, 3.8) is 0 Å². The molecule has 1 amide bonds. The lowest BCUT2D eigenvalue weighted by Gasteiger charge is -2.11. The molecule has 7 heteroatoms. The van der Waals surface area contributed by atoms with Crippen LogP contribution in [0.2, 0.25) is 10.0 Å². The number of fused-ring (bicyclic) bond motifs is 1. The van der Waals surface area contributed by atoms with E-state index in [9.17, 15) is 4.79 Å². The van der Waals surface area contributed by atoms with Crippen LogP contribution in [0.3, 0.4) is 0 Å². The second kappa shape index (κ2) is 8.57. The molecule has 150 valence electrons. The summed E-state index contributed by atoms with van der Waals surface area (Å²) in [6.45, 7) is 3.09. The van der Waals surface area contributed by atoms with Gasteiger partial charge in [0.25, 0.3) is 5.91 Å². The topological polar surface area (TPSA) is 63.8 Å². The van der Waals surface area contributed by atoms with E-state index in [1.807, 2.05) is 13.0 Å². The van der Waals surface area contributed by atoms with Gasteiger partial charge in [0.2, 0.25) is 5.55 Å². The molecule has 2 heterocycles. The van der Waals surface area contributed by atoms with Crippen LogP contribution in [0, 0.1) is 6.92 Å². The molecule has 0 aliphatic carbocycles. The van der Waals surface area contributed by atoms with E-state index in [1.54, 1.807) is 36.4 Å². The van der Waals surface area contributed by atoms with Crippen LogP contribution in [0.1, 0.15) is 28.8 Å². The summed E-state index contributed by atoms with van der Waals surface area (Å²) in [5.74, 6) is -0.268. The first-order valence-electron chi connectivity index (χ1n) is 9.44. The number of rotatable bonds is 4. The second-order valence-corrected chi connectivity index (χ2v) is 7.88. The minimum absolute atomic E-state index is 0.0464. The van der Waals surface area contributed by atoms with Crippen molar-refractivity contribution in [1.29, 1.82) is 0 Å². The van der Waals surface area contributed by atoms with E-state index >= 15 is 0 Å². The summed E-state index contributed by atoms with van der Waals surface area (Å²) in [6.07, 6.45) is 2.00. The molecule has 0 saturated carbocycles. The number of carbonyl (C=O) groups is 1. The summed E-state index contributed by atoms with van der Waals surface area (Å²) < 4.78 is 11.5. The van der Waals surface area contributed by atoms with E-state index in [-0.39, 0.29) is 17.6 Å². The molecular weight excluding hydrogens is 411 g/mol. The van der Waals surface area contributed by atoms with Crippen molar-refractivity contribution in [2.45, 2.75) is 25.9 Å². The van der Waals surface area contributed by atoms with Gasteiger partial charge in [0, 0.05) is 28.6 Å². The number of nitrogens with zero attached hydrogens (tertiary/aromatic N) is 1. The smallest absolute Gasteiger partial charge is 0.256 e. The summed E-state index contributed by atoms with van der Waals surface area (Å²) in [5.41, 5.74) is 2.70. The highest BCUT2D eigenvalue weighted by molar-refractivity contribution is 6.31. The summed E-state index contributed by atoms with van der Waals surface area (Å²) >= 11 is 12.2. The average molecular weight is 431 g/mol. The zero-order valence-corrected chi connectivity index (χ0v) is 17.4. The number of hydrogen-bond acceptors (Lipinski definition) is 4. The molecule has 3 aromatic rings. The van der Waals surface area contributed by atoms with Crippen molar-refractivity contribution in [3.8, 4) is 0 Å². The van der Waals surface area contributed by atoms with Gasteiger partial charge in [-0.3, -0.25) is 4.79 Å². The van der Waals surface area contributed by atoms with Crippen LogP contribution in [0.5, 0.6) is 0 Å². The van der Waals surface area contributed by atoms with Crippen LogP contribution >= 0.6 is 23.2 Å². The Morgan fingerprint density at radius 3 is 2.83 bits per heavy atom. The van der Waals surface area contributed by atoms with Gasteiger partial charge < -0.3 is 14.5 Å². The largest absolute Gasteiger partial charge is 0.438 e. The number of benzene rings is 2. The fourth-order valence-corrected chi connectivity index (χ4v) is 3.57. The van der Waals surface area contributed by atoms with Crippen molar-refractivity contribution in [2.24, 2.45) is 4.99 Å². The molecule has 1 aliphatic rings. The van der Waals surface area contributed by atoms with Crippen LogP contribution < -0.4 is 10.9 Å². The van der Waals surface area contributed by atoms with Gasteiger partial charge in [-0.2, -0.15) is 0 Å². The zero-order chi connectivity index (χ0) is 20.4. The SMILES string of the molecule is Cc1cc(N=c2oc3ccc(Cl)cc3cc2C(=O)NC[C@H]2CCCO2)ccc1Cl. The Labute approximate surface area is 178 Å². The summed E-state index contributed by atoms with van der Waals surface area (Å²) in [7, 11) is 0. The zero-order valence-electron chi connectivity index (χ0n) is 15.9. The maximum absolute atomic E-state index is 12.9. The monoisotopic (exact) mass is 430 g/mol. The van der Waals surface area contributed by atoms with Gasteiger partial charge >= 0.3 is 0 Å². The van der Waals surface area contributed by atoms with Crippen LogP contribution in [0.4, 0.5) is 5.69 Å². The van der Waals surface area contributed by atoms with Crippen molar-refractivity contribution in [1.82, 2.24) is 5.32 Å². The number of carbonyl (C=O) groups excluding carboxylic acids is 1. The predicted molar refractivity (Wildman–Crippen MR) is 114 cm³/mol. The lowest BCUT2D eigenvalue weighted by Crippen LogP contribution is -2.34. The molecule has 2 aromatic carbocycles. The van der Waals surface area contributed by atoms with E-state index < -0.39 is 0 Å². The van der Waals surface area contributed by atoms with Gasteiger partial charge in [0.1, 0.15) is 11.1 Å². The number of ether oxygens (including phenoxy) is 1. The third-order valence-electron chi connectivity index (χ3n) is 4.84. The van der Waals surface area contributed by atoms with Crippen LogP contribution in [0.25, 0.3) is 11.0 Å². The van der Waals surface area contributed by atoms with Gasteiger partial charge in [0.05, 0.1) is 11.8 Å². The minimum atomic E-state index is -0.268. The quantitative estimate of drug-likeness (QED) is 0.619. The van der Waals surface area contributed by atoms with E-state index in [2.05, 4.69) is 10.3 Å². The lowest BCUT2D eigenvalue weighted by atomic mass is 10.1. The van der Waals surface area contributed by atoms with Gasteiger partial charge in [-0.15, -0.1) is 0 Å². The first-order valence-corrected chi connectivity index (χ1v) is 10.2. The van der Waals surface area contributed by atoms with Gasteiger partial charge in [-0.1, -0.05) is 23.2 Å². The normalized spacial score (nSPS) is 17.1.